The lowest BCUT2D eigenvalue weighted by Crippen LogP contribution is -2.47. The molecule has 2 aliphatic heterocycles. The molecule has 28 heavy (non-hydrogen) atoms. The molecule has 0 saturated carbocycles. The van der Waals surface area contributed by atoms with Gasteiger partial charge in [0.1, 0.15) is 5.82 Å². The molecular weight excluding hydrogens is 357 g/mol. The van der Waals surface area contributed by atoms with Gasteiger partial charge in [-0.1, -0.05) is 24.3 Å². The summed E-state index contributed by atoms with van der Waals surface area (Å²) in [6.07, 6.45) is 3.86. The van der Waals surface area contributed by atoms with E-state index in [1.807, 2.05) is 24.4 Å². The average Bonchev–Trinajstić information content (AvgIpc) is 2.85. The molecule has 0 bridgehead atoms. The molecule has 1 aromatic heterocycles. The van der Waals surface area contributed by atoms with Crippen molar-refractivity contribution in [3.05, 3.63) is 65.7 Å². The van der Waals surface area contributed by atoms with Crippen LogP contribution in [0.5, 0.6) is 0 Å². The highest BCUT2D eigenvalue weighted by Crippen LogP contribution is 2.33. The third-order valence-electron chi connectivity index (χ3n) is 5.79. The Morgan fingerprint density at radius 1 is 1.04 bits per heavy atom. The first kappa shape index (κ1) is 19.0. The van der Waals surface area contributed by atoms with Gasteiger partial charge in [-0.05, 0) is 31.0 Å². The van der Waals surface area contributed by atoms with Crippen LogP contribution in [0.25, 0.3) is 0 Å². The SMILES string of the molecule is O=C1CC2(CCN(Cc3ccccn3)CC2)OCCN1Cc1ccccc1F. The van der Waals surface area contributed by atoms with Gasteiger partial charge in [-0.3, -0.25) is 14.7 Å². The zero-order valence-corrected chi connectivity index (χ0v) is 16.0. The van der Waals surface area contributed by atoms with Crippen molar-refractivity contribution in [3.8, 4) is 0 Å². The van der Waals surface area contributed by atoms with Crippen LogP contribution in [0.2, 0.25) is 0 Å². The summed E-state index contributed by atoms with van der Waals surface area (Å²) in [4.78, 5) is 21.4. The molecule has 0 atom stereocenters. The lowest BCUT2D eigenvalue weighted by atomic mass is 9.87. The summed E-state index contributed by atoms with van der Waals surface area (Å²) in [5.41, 5.74) is 1.23. The van der Waals surface area contributed by atoms with E-state index in [1.165, 1.54) is 6.07 Å². The number of pyridine rings is 1. The molecule has 1 aromatic carbocycles. The van der Waals surface area contributed by atoms with Gasteiger partial charge in [-0.15, -0.1) is 0 Å². The number of amides is 1. The van der Waals surface area contributed by atoms with Crippen LogP contribution in [0.3, 0.4) is 0 Å². The fourth-order valence-corrected chi connectivity index (χ4v) is 4.10. The van der Waals surface area contributed by atoms with E-state index in [2.05, 4.69) is 9.88 Å². The van der Waals surface area contributed by atoms with Crippen molar-refractivity contribution in [1.82, 2.24) is 14.8 Å². The lowest BCUT2D eigenvalue weighted by molar-refractivity contribution is -0.136. The van der Waals surface area contributed by atoms with Crippen molar-refractivity contribution in [1.29, 1.82) is 0 Å². The molecule has 6 heteroatoms. The highest BCUT2D eigenvalue weighted by molar-refractivity contribution is 5.77. The van der Waals surface area contributed by atoms with Crippen LogP contribution in [0, 0.1) is 5.82 Å². The van der Waals surface area contributed by atoms with Crippen LogP contribution < -0.4 is 0 Å². The van der Waals surface area contributed by atoms with Gasteiger partial charge >= 0.3 is 0 Å². The van der Waals surface area contributed by atoms with Crippen LogP contribution in [-0.2, 0) is 22.6 Å². The smallest absolute Gasteiger partial charge is 0.225 e. The number of carbonyl (C=O) groups is 1. The molecular formula is C22H26FN3O2. The third kappa shape index (κ3) is 4.39. The molecule has 5 nitrogen and oxygen atoms in total. The summed E-state index contributed by atoms with van der Waals surface area (Å²) >= 11 is 0. The van der Waals surface area contributed by atoms with Crippen LogP contribution in [0.1, 0.15) is 30.5 Å². The monoisotopic (exact) mass is 383 g/mol. The fourth-order valence-electron chi connectivity index (χ4n) is 4.10. The van der Waals surface area contributed by atoms with Gasteiger partial charge in [0, 0.05) is 44.5 Å². The minimum absolute atomic E-state index is 0.0546. The lowest BCUT2D eigenvalue weighted by Gasteiger charge is -2.40. The van der Waals surface area contributed by atoms with Crippen molar-refractivity contribution in [2.45, 2.75) is 38.0 Å². The maximum atomic E-state index is 14.0. The van der Waals surface area contributed by atoms with Gasteiger partial charge in [-0.2, -0.15) is 0 Å². The molecule has 148 valence electrons. The number of nitrogens with zero attached hydrogens (tertiary/aromatic N) is 3. The number of likely N-dealkylation sites (tertiary alicyclic amines) is 1. The number of ether oxygens (including phenoxy) is 1. The summed E-state index contributed by atoms with van der Waals surface area (Å²) in [5.74, 6) is -0.211. The first-order valence-electron chi connectivity index (χ1n) is 9.91. The minimum Gasteiger partial charge on any atom is -0.373 e. The normalized spacial score (nSPS) is 20.3. The molecule has 2 aromatic rings. The molecule has 0 unspecified atom stereocenters. The predicted molar refractivity (Wildman–Crippen MR) is 104 cm³/mol. The first-order valence-corrected chi connectivity index (χ1v) is 9.91. The van der Waals surface area contributed by atoms with Gasteiger partial charge in [0.25, 0.3) is 0 Å². The van der Waals surface area contributed by atoms with Crippen molar-refractivity contribution in [2.24, 2.45) is 0 Å². The van der Waals surface area contributed by atoms with E-state index < -0.39 is 0 Å². The Hall–Kier alpha value is -2.31. The molecule has 0 N–H and O–H groups in total. The van der Waals surface area contributed by atoms with E-state index >= 15 is 0 Å². The number of hydrogen-bond donors (Lipinski definition) is 0. The topological polar surface area (TPSA) is 45.7 Å². The largest absolute Gasteiger partial charge is 0.373 e. The van der Waals surface area contributed by atoms with Crippen LogP contribution in [0.15, 0.2) is 48.7 Å². The zero-order chi connectivity index (χ0) is 19.4. The number of carbonyl (C=O) groups excluding carboxylic acids is 1. The van der Waals surface area contributed by atoms with Crippen molar-refractivity contribution < 1.29 is 13.9 Å². The van der Waals surface area contributed by atoms with E-state index in [0.717, 1.165) is 38.2 Å². The number of rotatable bonds is 4. The minimum atomic E-state index is -0.387. The first-order chi connectivity index (χ1) is 13.6. The molecule has 2 fully saturated rings. The Labute approximate surface area is 165 Å². The Morgan fingerprint density at radius 3 is 2.57 bits per heavy atom. The Kier molecular flexibility index (Phi) is 5.69. The molecule has 0 radical (unpaired) electrons. The van der Waals surface area contributed by atoms with Gasteiger partial charge in [-0.25, -0.2) is 4.39 Å². The Bertz CT molecular complexity index is 806. The highest BCUT2D eigenvalue weighted by Gasteiger charge is 2.40. The molecule has 2 saturated heterocycles. The second-order valence-electron chi connectivity index (χ2n) is 7.71. The fraction of sp³-hybridized carbons (Fsp3) is 0.455. The maximum absolute atomic E-state index is 14.0. The Balaban J connectivity index is 1.35. The number of hydrogen-bond acceptors (Lipinski definition) is 4. The third-order valence-corrected chi connectivity index (χ3v) is 5.79. The summed E-state index contributed by atoms with van der Waals surface area (Å²) in [6.45, 7) is 3.91. The predicted octanol–water partition coefficient (Wildman–Crippen LogP) is 3.00. The summed E-state index contributed by atoms with van der Waals surface area (Å²) in [7, 11) is 0. The van der Waals surface area contributed by atoms with Gasteiger partial charge in [0.15, 0.2) is 0 Å². The second kappa shape index (κ2) is 8.37. The Morgan fingerprint density at radius 2 is 1.82 bits per heavy atom. The van der Waals surface area contributed by atoms with E-state index in [-0.39, 0.29) is 17.3 Å². The molecule has 1 amide bonds. The van der Waals surface area contributed by atoms with E-state index in [9.17, 15) is 9.18 Å². The molecule has 2 aliphatic rings. The number of benzene rings is 1. The van der Waals surface area contributed by atoms with Crippen molar-refractivity contribution in [3.63, 3.8) is 0 Å². The van der Waals surface area contributed by atoms with Crippen LogP contribution in [-0.4, -0.2) is 52.5 Å². The number of piperidine rings is 1. The standard InChI is InChI=1S/C22H26FN3O2/c23-20-7-2-1-5-18(20)16-26-13-14-28-22(15-21(26)27)8-11-25(12-9-22)17-19-6-3-4-10-24-19/h1-7,10H,8-9,11-17H2. The average molecular weight is 383 g/mol. The van der Waals surface area contributed by atoms with Crippen LogP contribution >= 0.6 is 0 Å². The number of aromatic nitrogens is 1. The quantitative estimate of drug-likeness (QED) is 0.814. The van der Waals surface area contributed by atoms with E-state index in [4.69, 9.17) is 4.74 Å². The van der Waals surface area contributed by atoms with Crippen molar-refractivity contribution >= 4 is 5.91 Å². The zero-order valence-electron chi connectivity index (χ0n) is 16.0. The summed E-state index contributed by atoms with van der Waals surface area (Å²) < 4.78 is 20.2. The molecule has 0 aliphatic carbocycles. The maximum Gasteiger partial charge on any atom is 0.225 e. The molecule has 1 spiro atoms. The molecule has 3 heterocycles. The summed E-state index contributed by atoms with van der Waals surface area (Å²) in [6, 6.07) is 12.6. The summed E-state index contributed by atoms with van der Waals surface area (Å²) in [5, 5.41) is 0. The highest BCUT2D eigenvalue weighted by atomic mass is 19.1. The van der Waals surface area contributed by atoms with Gasteiger partial charge in [0.05, 0.1) is 24.3 Å². The van der Waals surface area contributed by atoms with Gasteiger partial charge in [0.2, 0.25) is 5.91 Å². The number of halogens is 1. The van der Waals surface area contributed by atoms with E-state index in [0.29, 0.717) is 31.7 Å². The van der Waals surface area contributed by atoms with Gasteiger partial charge < -0.3 is 9.64 Å². The second-order valence-corrected chi connectivity index (χ2v) is 7.71. The van der Waals surface area contributed by atoms with E-state index in [1.54, 1.807) is 23.1 Å². The molecule has 4 rings (SSSR count). The van der Waals surface area contributed by atoms with Crippen LogP contribution in [0.4, 0.5) is 4.39 Å². The van der Waals surface area contributed by atoms with Crippen molar-refractivity contribution in [2.75, 3.05) is 26.2 Å².